The molecule has 3 atom stereocenters. The first-order valence-corrected chi connectivity index (χ1v) is 14.0. The topological polar surface area (TPSA) is 109 Å². The Bertz CT molecular complexity index is 1580. The second-order valence-electron chi connectivity index (χ2n) is 12.0. The summed E-state index contributed by atoms with van der Waals surface area (Å²) in [5.74, 6) is -3.59. The second kappa shape index (κ2) is 10.3. The van der Waals surface area contributed by atoms with Crippen LogP contribution in [0.2, 0.25) is 0 Å². The highest BCUT2D eigenvalue weighted by Crippen LogP contribution is 2.60. The summed E-state index contributed by atoms with van der Waals surface area (Å²) in [5, 5.41) is 10.1. The SMILES string of the molecule is Cc1cc2[nH]ncc2c(C2Cc3nc(OC[C@]4(CN(C)C)CC4(F)F)nc(N4CCN[C@H](C)C4)c3C(=O)O2)c1C(F)(F)F. The van der Waals surface area contributed by atoms with Gasteiger partial charge in [-0.15, -0.1) is 0 Å². The Kier molecular flexibility index (Phi) is 7.03. The third-order valence-corrected chi connectivity index (χ3v) is 8.34. The van der Waals surface area contributed by atoms with Crippen LogP contribution < -0.4 is 15.0 Å². The molecule has 2 aliphatic heterocycles. The lowest BCUT2D eigenvalue weighted by Gasteiger charge is -2.35. The molecule has 232 valence electrons. The first-order valence-electron chi connectivity index (χ1n) is 14.0. The van der Waals surface area contributed by atoms with E-state index >= 15 is 0 Å². The normalized spacial score (nSPS) is 25.2. The number of carbonyl (C=O) groups excluding carboxylic acids is 1. The Morgan fingerprint density at radius 2 is 2.00 bits per heavy atom. The number of nitrogens with one attached hydrogen (secondary N) is 2. The molecule has 1 aliphatic carbocycles. The van der Waals surface area contributed by atoms with Gasteiger partial charge in [-0.3, -0.25) is 5.10 Å². The van der Waals surface area contributed by atoms with E-state index in [-0.39, 0.29) is 71.6 Å². The summed E-state index contributed by atoms with van der Waals surface area (Å²) in [6.07, 6.45) is -5.38. The Morgan fingerprint density at radius 1 is 1.26 bits per heavy atom. The van der Waals surface area contributed by atoms with Crippen molar-refractivity contribution >= 4 is 22.7 Å². The molecular weight excluding hydrogens is 577 g/mol. The number of halogens is 5. The average molecular weight is 610 g/mol. The zero-order valence-electron chi connectivity index (χ0n) is 24.1. The van der Waals surface area contributed by atoms with E-state index in [1.807, 2.05) is 11.8 Å². The molecule has 43 heavy (non-hydrogen) atoms. The van der Waals surface area contributed by atoms with Crippen LogP contribution in [0.5, 0.6) is 6.01 Å². The molecule has 3 aliphatic rings. The molecule has 10 nitrogen and oxygen atoms in total. The summed E-state index contributed by atoms with van der Waals surface area (Å²) in [6, 6.07) is 1.17. The molecule has 1 aromatic carbocycles. The molecule has 0 radical (unpaired) electrons. The standard InChI is InChI=1S/C28H32F5N7O3/c1-14-7-17-16(9-35-38-17)20(22(14)28(31,32)33)19-8-18-21(24(41)43-19)23(40-6-5-34-15(2)10-40)37-25(36-18)42-13-26(12-39(3)4)11-27(26,29)30/h7,9,15,19,34H,5-6,8,10-13H2,1-4H3,(H,35,38)/t15-,19?,26-/m1/s1. The van der Waals surface area contributed by atoms with Gasteiger partial charge in [0.25, 0.3) is 5.92 Å². The maximum absolute atomic E-state index is 14.4. The van der Waals surface area contributed by atoms with Crippen molar-refractivity contribution < 1.29 is 36.2 Å². The van der Waals surface area contributed by atoms with E-state index < -0.39 is 35.2 Å². The number of benzene rings is 1. The molecule has 3 aromatic rings. The lowest BCUT2D eigenvalue weighted by atomic mass is 9.89. The molecule has 4 heterocycles. The van der Waals surface area contributed by atoms with E-state index in [2.05, 4.69) is 25.5 Å². The highest BCUT2D eigenvalue weighted by atomic mass is 19.4. The fourth-order valence-electron chi connectivity index (χ4n) is 6.34. The molecule has 0 amide bonds. The number of esters is 1. The van der Waals surface area contributed by atoms with Gasteiger partial charge in [-0.25, -0.2) is 13.6 Å². The van der Waals surface area contributed by atoms with Crippen molar-refractivity contribution in [2.24, 2.45) is 5.41 Å². The summed E-state index contributed by atoms with van der Waals surface area (Å²) in [6.45, 7) is 4.53. The van der Waals surface area contributed by atoms with Gasteiger partial charge in [0.1, 0.15) is 18.3 Å². The monoisotopic (exact) mass is 609 g/mol. The molecule has 15 heteroatoms. The van der Waals surface area contributed by atoms with Crippen LogP contribution in [0.4, 0.5) is 27.8 Å². The van der Waals surface area contributed by atoms with Crippen LogP contribution in [0.25, 0.3) is 10.9 Å². The minimum atomic E-state index is -4.74. The van der Waals surface area contributed by atoms with Crippen LogP contribution in [-0.4, -0.2) is 89.9 Å². The van der Waals surface area contributed by atoms with Gasteiger partial charge < -0.3 is 24.6 Å². The summed E-state index contributed by atoms with van der Waals surface area (Å²) in [5.41, 5.74) is -2.09. The Labute approximate surface area is 243 Å². The van der Waals surface area contributed by atoms with Gasteiger partial charge in [-0.05, 0) is 39.6 Å². The third kappa shape index (κ3) is 5.26. The molecule has 2 aromatic heterocycles. The van der Waals surface area contributed by atoms with Gasteiger partial charge in [-0.1, -0.05) is 0 Å². The van der Waals surface area contributed by atoms with Crippen molar-refractivity contribution in [1.29, 1.82) is 0 Å². The number of cyclic esters (lactones) is 1. The van der Waals surface area contributed by atoms with Crippen LogP contribution >= 0.6 is 0 Å². The molecule has 1 saturated carbocycles. The number of anilines is 1. The number of nitrogens with zero attached hydrogens (tertiary/aromatic N) is 5. The number of aryl methyl sites for hydroxylation is 1. The highest BCUT2D eigenvalue weighted by Gasteiger charge is 2.71. The van der Waals surface area contributed by atoms with E-state index in [9.17, 15) is 26.7 Å². The Morgan fingerprint density at radius 3 is 2.65 bits per heavy atom. The van der Waals surface area contributed by atoms with Crippen molar-refractivity contribution in [3.05, 3.63) is 40.2 Å². The van der Waals surface area contributed by atoms with Crippen molar-refractivity contribution in [2.45, 2.75) is 50.9 Å². The highest BCUT2D eigenvalue weighted by molar-refractivity contribution is 5.97. The summed E-state index contributed by atoms with van der Waals surface area (Å²) in [7, 11) is 3.39. The van der Waals surface area contributed by atoms with E-state index in [4.69, 9.17) is 9.47 Å². The van der Waals surface area contributed by atoms with Crippen LogP contribution in [0.1, 0.15) is 52.2 Å². The van der Waals surface area contributed by atoms with Gasteiger partial charge in [0.05, 0.1) is 28.4 Å². The van der Waals surface area contributed by atoms with Crippen LogP contribution in [0.3, 0.4) is 0 Å². The maximum Gasteiger partial charge on any atom is 0.417 e. The number of ether oxygens (including phenoxy) is 2. The predicted octanol–water partition coefficient (Wildman–Crippen LogP) is 3.90. The fraction of sp³-hybridized carbons (Fsp3) is 0.571. The van der Waals surface area contributed by atoms with Crippen molar-refractivity contribution in [3.63, 3.8) is 0 Å². The zero-order chi connectivity index (χ0) is 30.9. The fourth-order valence-corrected chi connectivity index (χ4v) is 6.34. The zero-order valence-corrected chi connectivity index (χ0v) is 24.1. The number of carbonyl (C=O) groups is 1. The molecule has 6 rings (SSSR count). The van der Waals surface area contributed by atoms with Crippen LogP contribution in [0, 0.1) is 12.3 Å². The maximum atomic E-state index is 14.4. The summed E-state index contributed by atoms with van der Waals surface area (Å²) >= 11 is 0. The quantitative estimate of drug-likeness (QED) is 0.305. The van der Waals surface area contributed by atoms with Crippen LogP contribution in [-0.2, 0) is 17.3 Å². The van der Waals surface area contributed by atoms with Gasteiger partial charge in [0.2, 0.25) is 0 Å². The van der Waals surface area contributed by atoms with E-state index in [1.165, 1.54) is 19.2 Å². The number of aromatic amines is 1. The largest absolute Gasteiger partial charge is 0.463 e. The van der Waals surface area contributed by atoms with Gasteiger partial charge in [-0.2, -0.15) is 28.2 Å². The number of hydrogen-bond donors (Lipinski definition) is 2. The van der Waals surface area contributed by atoms with E-state index in [1.54, 1.807) is 19.0 Å². The smallest absolute Gasteiger partial charge is 0.417 e. The minimum Gasteiger partial charge on any atom is -0.463 e. The molecule has 2 N–H and O–H groups in total. The molecule has 2 fully saturated rings. The number of aromatic nitrogens is 4. The number of H-pyrrole nitrogens is 1. The molecule has 0 bridgehead atoms. The Balaban J connectivity index is 1.42. The Hall–Kier alpha value is -3.59. The van der Waals surface area contributed by atoms with Crippen molar-refractivity contribution in [2.75, 3.05) is 51.8 Å². The molecular formula is C28H32F5N7O3. The van der Waals surface area contributed by atoms with Crippen molar-refractivity contribution in [1.82, 2.24) is 30.4 Å². The number of fused-ring (bicyclic) bond motifs is 2. The third-order valence-electron chi connectivity index (χ3n) is 8.34. The van der Waals surface area contributed by atoms with E-state index in [0.29, 0.717) is 25.2 Å². The number of hydrogen-bond acceptors (Lipinski definition) is 9. The first-order chi connectivity index (χ1) is 20.2. The lowest BCUT2D eigenvalue weighted by Crippen LogP contribution is -2.50. The lowest BCUT2D eigenvalue weighted by molar-refractivity contribution is -0.139. The van der Waals surface area contributed by atoms with Gasteiger partial charge >= 0.3 is 18.2 Å². The molecule has 0 spiro atoms. The van der Waals surface area contributed by atoms with Crippen LogP contribution in [0.15, 0.2) is 12.3 Å². The number of piperazine rings is 1. The predicted molar refractivity (Wildman–Crippen MR) is 145 cm³/mol. The second-order valence-corrected chi connectivity index (χ2v) is 12.0. The molecule has 1 unspecified atom stereocenters. The first kappa shape index (κ1) is 29.5. The minimum absolute atomic E-state index is 0.0297. The summed E-state index contributed by atoms with van der Waals surface area (Å²) in [4.78, 5) is 26.0. The van der Waals surface area contributed by atoms with Gasteiger partial charge in [0, 0.05) is 56.0 Å². The van der Waals surface area contributed by atoms with Crippen molar-refractivity contribution in [3.8, 4) is 6.01 Å². The van der Waals surface area contributed by atoms with Gasteiger partial charge in [0.15, 0.2) is 5.82 Å². The average Bonchev–Trinajstić information content (AvgIpc) is 3.19. The number of rotatable bonds is 7. The summed E-state index contributed by atoms with van der Waals surface area (Å²) < 4.78 is 83.5. The van der Waals surface area contributed by atoms with E-state index in [0.717, 1.165) is 0 Å². The number of alkyl halides is 5. The molecule has 1 saturated heterocycles.